The Hall–Kier alpha value is -1.95. The summed E-state index contributed by atoms with van der Waals surface area (Å²) in [5, 5.41) is 14.8. The molecule has 96 valence electrons. The first-order valence-electron chi connectivity index (χ1n) is 5.83. The number of carbonyl (C=O) groups is 2. The van der Waals surface area contributed by atoms with Crippen molar-refractivity contribution in [1.82, 2.24) is 15.6 Å². The number of amides is 1. The zero-order valence-electron chi connectivity index (χ0n) is 9.85. The number of carboxylic acids is 1. The molecule has 2 rings (SSSR count). The molecule has 1 aromatic heterocycles. The second kappa shape index (κ2) is 5.59. The molecule has 18 heavy (non-hydrogen) atoms. The van der Waals surface area contributed by atoms with Gasteiger partial charge in [0.1, 0.15) is 0 Å². The molecular weight excluding hydrogens is 234 g/mol. The minimum absolute atomic E-state index is 0.103. The molecule has 2 heterocycles. The number of hydrogen-bond donors (Lipinski definition) is 3. The summed E-state index contributed by atoms with van der Waals surface area (Å²) in [5.41, 5.74) is 0.964. The van der Waals surface area contributed by atoms with Gasteiger partial charge >= 0.3 is 5.97 Å². The lowest BCUT2D eigenvalue weighted by Gasteiger charge is -2.10. The van der Waals surface area contributed by atoms with Gasteiger partial charge in [0, 0.05) is 31.7 Å². The van der Waals surface area contributed by atoms with E-state index in [0.29, 0.717) is 19.5 Å². The van der Waals surface area contributed by atoms with E-state index in [4.69, 9.17) is 5.11 Å². The van der Waals surface area contributed by atoms with Crippen LogP contribution in [0.4, 0.5) is 0 Å². The van der Waals surface area contributed by atoms with Crippen molar-refractivity contribution in [1.29, 1.82) is 0 Å². The van der Waals surface area contributed by atoms with Gasteiger partial charge in [0.2, 0.25) is 5.91 Å². The first kappa shape index (κ1) is 12.5. The van der Waals surface area contributed by atoms with Crippen LogP contribution < -0.4 is 10.6 Å². The number of carbonyl (C=O) groups excluding carboxylic acids is 1. The third kappa shape index (κ3) is 3.27. The lowest BCUT2D eigenvalue weighted by molar-refractivity contribution is -0.119. The molecule has 0 saturated carbocycles. The molecule has 3 N–H and O–H groups in total. The topological polar surface area (TPSA) is 91.3 Å². The van der Waals surface area contributed by atoms with E-state index in [9.17, 15) is 9.59 Å². The second-order valence-electron chi connectivity index (χ2n) is 4.28. The molecule has 1 atom stereocenters. The average Bonchev–Trinajstić information content (AvgIpc) is 2.76. The van der Waals surface area contributed by atoms with Gasteiger partial charge in [-0.1, -0.05) is 0 Å². The summed E-state index contributed by atoms with van der Waals surface area (Å²) in [6.45, 7) is 1.26. The van der Waals surface area contributed by atoms with Crippen molar-refractivity contribution in [2.75, 3.05) is 6.54 Å². The molecule has 1 fully saturated rings. The molecule has 1 unspecified atom stereocenters. The van der Waals surface area contributed by atoms with Crippen LogP contribution >= 0.6 is 0 Å². The van der Waals surface area contributed by atoms with Gasteiger partial charge < -0.3 is 15.7 Å². The van der Waals surface area contributed by atoms with Gasteiger partial charge in [-0.2, -0.15) is 0 Å². The number of nitrogens with one attached hydrogen (secondary N) is 2. The summed E-state index contributed by atoms with van der Waals surface area (Å²) >= 11 is 0. The molecule has 0 aromatic carbocycles. The van der Waals surface area contributed by atoms with Gasteiger partial charge in [0.05, 0.1) is 11.3 Å². The van der Waals surface area contributed by atoms with Gasteiger partial charge in [0.15, 0.2) is 0 Å². The zero-order chi connectivity index (χ0) is 13.0. The normalized spacial score (nSPS) is 18.7. The third-order valence-electron chi connectivity index (χ3n) is 2.85. The Balaban J connectivity index is 1.76. The minimum atomic E-state index is -0.976. The van der Waals surface area contributed by atoms with Crippen LogP contribution in [0.3, 0.4) is 0 Å². The molecule has 0 bridgehead atoms. The molecular formula is C12H15N3O3. The highest BCUT2D eigenvalue weighted by Crippen LogP contribution is 2.05. The fourth-order valence-corrected chi connectivity index (χ4v) is 1.86. The van der Waals surface area contributed by atoms with Crippen LogP contribution in [0, 0.1) is 0 Å². The molecule has 0 spiro atoms. The molecule has 1 aliphatic rings. The monoisotopic (exact) mass is 249 g/mol. The summed E-state index contributed by atoms with van der Waals surface area (Å²) in [7, 11) is 0. The van der Waals surface area contributed by atoms with Crippen LogP contribution in [0.25, 0.3) is 0 Å². The first-order valence-corrected chi connectivity index (χ1v) is 5.83. The maximum Gasteiger partial charge on any atom is 0.337 e. The Bertz CT molecular complexity index is 444. The highest BCUT2D eigenvalue weighted by molar-refractivity contribution is 5.87. The van der Waals surface area contributed by atoms with E-state index < -0.39 is 5.97 Å². The van der Waals surface area contributed by atoms with Gasteiger partial charge in [-0.25, -0.2) is 4.79 Å². The van der Waals surface area contributed by atoms with Gasteiger partial charge in [0.25, 0.3) is 0 Å². The highest BCUT2D eigenvalue weighted by atomic mass is 16.4. The maximum atomic E-state index is 11.0. The Morgan fingerprint density at radius 3 is 2.94 bits per heavy atom. The van der Waals surface area contributed by atoms with E-state index in [1.54, 1.807) is 6.07 Å². The molecule has 6 heteroatoms. The Morgan fingerprint density at radius 1 is 1.56 bits per heavy atom. The van der Waals surface area contributed by atoms with Gasteiger partial charge in [-0.15, -0.1) is 0 Å². The van der Waals surface area contributed by atoms with E-state index in [1.165, 1.54) is 12.3 Å². The predicted molar refractivity (Wildman–Crippen MR) is 64.1 cm³/mol. The van der Waals surface area contributed by atoms with Crippen LogP contribution in [0.1, 0.15) is 28.9 Å². The smallest absolute Gasteiger partial charge is 0.337 e. The lowest BCUT2D eigenvalue weighted by Crippen LogP contribution is -2.35. The highest BCUT2D eigenvalue weighted by Gasteiger charge is 2.19. The fraction of sp³-hybridized carbons (Fsp3) is 0.417. The van der Waals surface area contributed by atoms with Crippen LogP contribution in [0.5, 0.6) is 0 Å². The number of pyridine rings is 1. The summed E-state index contributed by atoms with van der Waals surface area (Å²) in [6.07, 6.45) is 2.80. The lowest BCUT2D eigenvalue weighted by atomic mass is 10.2. The number of hydrogen-bond acceptors (Lipinski definition) is 4. The Morgan fingerprint density at radius 2 is 2.39 bits per heavy atom. The number of aromatic nitrogens is 1. The SMILES string of the molecule is O=C1CCC(CNCc2ccc(C(=O)O)cn2)N1. The largest absolute Gasteiger partial charge is 0.478 e. The van der Waals surface area contributed by atoms with Crippen molar-refractivity contribution < 1.29 is 14.7 Å². The van der Waals surface area contributed by atoms with E-state index in [1.807, 2.05) is 0 Å². The Labute approximate surface area is 104 Å². The van der Waals surface area contributed by atoms with E-state index in [0.717, 1.165) is 12.1 Å². The minimum Gasteiger partial charge on any atom is -0.478 e. The third-order valence-corrected chi connectivity index (χ3v) is 2.85. The number of nitrogens with zero attached hydrogens (tertiary/aromatic N) is 1. The molecule has 1 amide bonds. The van der Waals surface area contributed by atoms with Crippen molar-refractivity contribution >= 4 is 11.9 Å². The van der Waals surface area contributed by atoms with Crippen LogP contribution in [-0.2, 0) is 11.3 Å². The zero-order valence-corrected chi connectivity index (χ0v) is 9.85. The van der Waals surface area contributed by atoms with Crippen LogP contribution in [0.15, 0.2) is 18.3 Å². The number of rotatable bonds is 5. The summed E-state index contributed by atoms with van der Waals surface area (Å²) in [4.78, 5) is 25.7. The standard InChI is InChI=1S/C12H15N3O3/c16-11-4-3-10(15-11)7-13-6-9-2-1-8(5-14-9)12(17)18/h1-2,5,10,13H,3-4,6-7H2,(H,15,16)(H,17,18). The van der Waals surface area contributed by atoms with E-state index in [-0.39, 0.29) is 17.5 Å². The second-order valence-corrected chi connectivity index (χ2v) is 4.28. The van der Waals surface area contributed by atoms with Crippen molar-refractivity contribution in [2.24, 2.45) is 0 Å². The molecule has 1 saturated heterocycles. The summed E-state index contributed by atoms with van der Waals surface area (Å²) in [5.74, 6) is -0.874. The number of carboxylic acid groups (broad SMARTS) is 1. The van der Waals surface area contributed by atoms with E-state index >= 15 is 0 Å². The summed E-state index contributed by atoms with van der Waals surface area (Å²) < 4.78 is 0. The maximum absolute atomic E-state index is 11.0. The van der Waals surface area contributed by atoms with Crippen molar-refractivity contribution in [3.05, 3.63) is 29.6 Å². The average molecular weight is 249 g/mol. The molecule has 0 aliphatic carbocycles. The molecule has 6 nitrogen and oxygen atoms in total. The fourth-order valence-electron chi connectivity index (χ4n) is 1.86. The molecule has 1 aliphatic heterocycles. The van der Waals surface area contributed by atoms with Crippen molar-refractivity contribution in [3.8, 4) is 0 Å². The quantitative estimate of drug-likeness (QED) is 0.691. The molecule has 1 aromatic rings. The summed E-state index contributed by atoms with van der Waals surface area (Å²) in [6, 6.07) is 3.41. The van der Waals surface area contributed by atoms with Crippen molar-refractivity contribution in [2.45, 2.75) is 25.4 Å². The molecule has 0 radical (unpaired) electrons. The predicted octanol–water partition coefficient (Wildman–Crippen LogP) is 0.148. The van der Waals surface area contributed by atoms with Crippen molar-refractivity contribution in [3.63, 3.8) is 0 Å². The van der Waals surface area contributed by atoms with Gasteiger partial charge in [-0.05, 0) is 18.6 Å². The van der Waals surface area contributed by atoms with E-state index in [2.05, 4.69) is 15.6 Å². The van der Waals surface area contributed by atoms with Gasteiger partial charge in [-0.3, -0.25) is 9.78 Å². The first-order chi connectivity index (χ1) is 8.65. The number of aromatic carboxylic acids is 1. The van der Waals surface area contributed by atoms with Crippen LogP contribution in [0.2, 0.25) is 0 Å². The Kier molecular flexibility index (Phi) is 3.88. The van der Waals surface area contributed by atoms with Crippen LogP contribution in [-0.4, -0.2) is 34.6 Å².